The molecule has 1 saturated heterocycles. The summed E-state index contributed by atoms with van der Waals surface area (Å²) in [6.45, 7) is 5.43. The van der Waals surface area contributed by atoms with Gasteiger partial charge in [-0.25, -0.2) is 4.79 Å². The summed E-state index contributed by atoms with van der Waals surface area (Å²) in [5, 5.41) is 8.82. The van der Waals surface area contributed by atoms with E-state index >= 15 is 0 Å². The maximum atomic E-state index is 10.7. The van der Waals surface area contributed by atoms with Gasteiger partial charge < -0.3 is 14.6 Å². The van der Waals surface area contributed by atoms with E-state index in [4.69, 9.17) is 14.6 Å². The minimum atomic E-state index is -0.876. The van der Waals surface area contributed by atoms with Gasteiger partial charge in [-0.05, 0) is 5.92 Å². The van der Waals surface area contributed by atoms with Crippen molar-refractivity contribution in [3.63, 3.8) is 0 Å². The third-order valence-corrected chi connectivity index (χ3v) is 2.45. The van der Waals surface area contributed by atoms with Crippen molar-refractivity contribution in [1.29, 1.82) is 0 Å². The lowest BCUT2D eigenvalue weighted by molar-refractivity contribution is -0.156. The normalized spacial score (nSPS) is 25.1. The molecular formula is C10H19NO4. The zero-order chi connectivity index (χ0) is 11.3. The summed E-state index contributed by atoms with van der Waals surface area (Å²) in [5.41, 5.74) is 0. The SMILES string of the molecule is COCC(C)CN1CCOC(C(=O)O)C1. The Bertz CT molecular complexity index is 210. The molecule has 2 atom stereocenters. The molecule has 0 radical (unpaired) electrons. The predicted octanol–water partition coefficient (Wildman–Crippen LogP) is 0.0543. The van der Waals surface area contributed by atoms with E-state index in [0.29, 0.717) is 25.7 Å². The maximum absolute atomic E-state index is 10.7. The Morgan fingerprint density at radius 1 is 1.73 bits per heavy atom. The van der Waals surface area contributed by atoms with Crippen molar-refractivity contribution >= 4 is 5.97 Å². The maximum Gasteiger partial charge on any atom is 0.334 e. The zero-order valence-electron chi connectivity index (χ0n) is 9.31. The van der Waals surface area contributed by atoms with Gasteiger partial charge in [0.05, 0.1) is 6.61 Å². The van der Waals surface area contributed by atoms with Crippen LogP contribution in [0, 0.1) is 5.92 Å². The second-order valence-electron chi connectivity index (χ2n) is 4.02. The Morgan fingerprint density at radius 2 is 2.47 bits per heavy atom. The number of carboxylic acid groups (broad SMARTS) is 1. The first-order valence-corrected chi connectivity index (χ1v) is 5.19. The van der Waals surface area contributed by atoms with Crippen LogP contribution in [-0.2, 0) is 14.3 Å². The molecule has 0 aromatic rings. The molecule has 2 unspecified atom stereocenters. The number of rotatable bonds is 5. The van der Waals surface area contributed by atoms with Gasteiger partial charge in [0.2, 0.25) is 0 Å². The highest BCUT2D eigenvalue weighted by Gasteiger charge is 2.26. The van der Waals surface area contributed by atoms with E-state index in [1.165, 1.54) is 0 Å². The van der Waals surface area contributed by atoms with E-state index in [2.05, 4.69) is 11.8 Å². The minimum absolute atomic E-state index is 0.419. The molecule has 0 aromatic carbocycles. The van der Waals surface area contributed by atoms with Gasteiger partial charge in [-0.1, -0.05) is 6.92 Å². The highest BCUT2D eigenvalue weighted by molar-refractivity contribution is 5.72. The second-order valence-corrected chi connectivity index (χ2v) is 4.02. The fourth-order valence-corrected chi connectivity index (χ4v) is 1.80. The fraction of sp³-hybridized carbons (Fsp3) is 0.900. The van der Waals surface area contributed by atoms with Crippen LogP contribution in [0.5, 0.6) is 0 Å². The molecule has 5 heteroatoms. The van der Waals surface area contributed by atoms with Crippen LogP contribution in [-0.4, -0.2) is 62.0 Å². The number of carbonyl (C=O) groups is 1. The van der Waals surface area contributed by atoms with E-state index in [1.807, 2.05) is 0 Å². The molecule has 88 valence electrons. The standard InChI is InChI=1S/C10H19NO4/c1-8(7-14-2)5-11-3-4-15-9(6-11)10(12)13/h8-9H,3-7H2,1-2H3,(H,12,13). The summed E-state index contributed by atoms with van der Waals surface area (Å²) in [5.74, 6) is -0.457. The Hall–Kier alpha value is -0.650. The molecule has 1 aliphatic rings. The lowest BCUT2D eigenvalue weighted by Gasteiger charge is -2.32. The van der Waals surface area contributed by atoms with Crippen LogP contribution in [0.1, 0.15) is 6.92 Å². The van der Waals surface area contributed by atoms with Crippen molar-refractivity contribution in [3.8, 4) is 0 Å². The van der Waals surface area contributed by atoms with Crippen LogP contribution in [0.25, 0.3) is 0 Å². The van der Waals surface area contributed by atoms with Gasteiger partial charge in [0.1, 0.15) is 0 Å². The quantitative estimate of drug-likeness (QED) is 0.705. The minimum Gasteiger partial charge on any atom is -0.479 e. The van der Waals surface area contributed by atoms with Gasteiger partial charge in [0, 0.05) is 33.4 Å². The Morgan fingerprint density at radius 3 is 3.07 bits per heavy atom. The zero-order valence-corrected chi connectivity index (χ0v) is 9.31. The van der Waals surface area contributed by atoms with Crippen molar-refractivity contribution in [2.45, 2.75) is 13.0 Å². The number of ether oxygens (including phenoxy) is 2. The van der Waals surface area contributed by atoms with Crippen LogP contribution in [0.4, 0.5) is 0 Å². The Labute approximate surface area is 90.0 Å². The van der Waals surface area contributed by atoms with Crippen molar-refractivity contribution in [1.82, 2.24) is 4.90 Å². The third-order valence-electron chi connectivity index (χ3n) is 2.45. The Kier molecular flexibility index (Phi) is 5.01. The molecule has 0 saturated carbocycles. The number of carboxylic acids is 1. The average Bonchev–Trinajstić information content (AvgIpc) is 2.18. The van der Waals surface area contributed by atoms with Crippen LogP contribution in [0.3, 0.4) is 0 Å². The largest absolute Gasteiger partial charge is 0.479 e. The molecule has 1 heterocycles. The molecule has 0 aromatic heterocycles. The van der Waals surface area contributed by atoms with Crippen LogP contribution < -0.4 is 0 Å². The number of nitrogens with zero attached hydrogens (tertiary/aromatic N) is 1. The monoisotopic (exact) mass is 217 g/mol. The first-order valence-electron chi connectivity index (χ1n) is 5.19. The van der Waals surface area contributed by atoms with Gasteiger partial charge in [-0.15, -0.1) is 0 Å². The van der Waals surface area contributed by atoms with E-state index < -0.39 is 12.1 Å². The molecule has 1 N–H and O–H groups in total. The van der Waals surface area contributed by atoms with Gasteiger partial charge in [0.15, 0.2) is 6.10 Å². The van der Waals surface area contributed by atoms with Crippen molar-refractivity contribution in [2.75, 3.05) is 40.0 Å². The van der Waals surface area contributed by atoms with Crippen LogP contribution >= 0.6 is 0 Å². The molecule has 15 heavy (non-hydrogen) atoms. The molecule has 0 amide bonds. The number of hydrogen-bond donors (Lipinski definition) is 1. The molecule has 5 nitrogen and oxygen atoms in total. The topological polar surface area (TPSA) is 59.0 Å². The average molecular weight is 217 g/mol. The summed E-state index contributed by atoms with van der Waals surface area (Å²) in [6, 6.07) is 0. The van der Waals surface area contributed by atoms with Crippen molar-refractivity contribution in [2.24, 2.45) is 5.92 Å². The number of morpholine rings is 1. The van der Waals surface area contributed by atoms with E-state index in [-0.39, 0.29) is 0 Å². The van der Waals surface area contributed by atoms with Crippen LogP contribution in [0.2, 0.25) is 0 Å². The predicted molar refractivity (Wildman–Crippen MR) is 54.9 cm³/mol. The summed E-state index contributed by atoms with van der Waals surface area (Å²) in [4.78, 5) is 12.9. The molecular weight excluding hydrogens is 198 g/mol. The number of methoxy groups -OCH3 is 1. The summed E-state index contributed by atoms with van der Waals surface area (Å²) in [7, 11) is 1.68. The molecule has 1 aliphatic heterocycles. The Balaban J connectivity index is 2.32. The molecule has 0 bridgehead atoms. The van der Waals surface area contributed by atoms with Gasteiger partial charge in [0.25, 0.3) is 0 Å². The highest BCUT2D eigenvalue weighted by atomic mass is 16.5. The van der Waals surface area contributed by atoms with Crippen molar-refractivity contribution < 1.29 is 19.4 Å². The van der Waals surface area contributed by atoms with E-state index in [1.54, 1.807) is 7.11 Å². The van der Waals surface area contributed by atoms with Gasteiger partial charge in [-0.2, -0.15) is 0 Å². The van der Waals surface area contributed by atoms with Gasteiger partial charge in [-0.3, -0.25) is 4.90 Å². The second kappa shape index (κ2) is 6.05. The van der Waals surface area contributed by atoms with E-state index in [9.17, 15) is 4.79 Å². The number of aliphatic carboxylic acids is 1. The van der Waals surface area contributed by atoms with Crippen molar-refractivity contribution in [3.05, 3.63) is 0 Å². The summed E-state index contributed by atoms with van der Waals surface area (Å²) < 4.78 is 10.2. The third kappa shape index (κ3) is 4.15. The molecule has 1 fully saturated rings. The van der Waals surface area contributed by atoms with E-state index in [0.717, 1.165) is 13.1 Å². The summed E-state index contributed by atoms with van der Waals surface area (Å²) >= 11 is 0. The molecule has 1 rings (SSSR count). The molecule has 0 spiro atoms. The fourth-order valence-electron chi connectivity index (χ4n) is 1.80. The number of hydrogen-bond acceptors (Lipinski definition) is 4. The highest BCUT2D eigenvalue weighted by Crippen LogP contribution is 2.08. The molecule has 0 aliphatic carbocycles. The smallest absolute Gasteiger partial charge is 0.334 e. The first-order chi connectivity index (χ1) is 7.13. The first kappa shape index (κ1) is 12.4. The summed E-state index contributed by atoms with van der Waals surface area (Å²) in [6.07, 6.45) is -0.673. The van der Waals surface area contributed by atoms with Crippen LogP contribution in [0.15, 0.2) is 0 Å². The lowest BCUT2D eigenvalue weighted by atomic mass is 10.1. The lowest BCUT2D eigenvalue weighted by Crippen LogP contribution is -2.47. The van der Waals surface area contributed by atoms with Gasteiger partial charge >= 0.3 is 5.97 Å².